The second-order valence-electron chi connectivity index (χ2n) is 5.32. The van der Waals surface area contributed by atoms with E-state index in [1.165, 1.54) is 0 Å². The van der Waals surface area contributed by atoms with Gasteiger partial charge in [0.1, 0.15) is 5.75 Å². The van der Waals surface area contributed by atoms with Crippen molar-refractivity contribution in [3.05, 3.63) is 36.2 Å². The predicted molar refractivity (Wildman–Crippen MR) is 80.3 cm³/mol. The quantitative estimate of drug-likeness (QED) is 0.869. The molecule has 21 heavy (non-hydrogen) atoms. The van der Waals surface area contributed by atoms with Crippen LogP contribution >= 0.6 is 0 Å². The summed E-state index contributed by atoms with van der Waals surface area (Å²) in [6, 6.07) is 5.62. The molecule has 1 aromatic carbocycles. The smallest absolute Gasteiger partial charge is 0.253 e. The fraction of sp³-hybridized carbons (Fsp3) is 0.375. The minimum Gasteiger partial charge on any atom is -0.496 e. The first-order valence-electron chi connectivity index (χ1n) is 7.15. The van der Waals surface area contributed by atoms with Crippen LogP contribution in [0.4, 0.5) is 0 Å². The van der Waals surface area contributed by atoms with Crippen LogP contribution in [0.15, 0.2) is 30.6 Å². The van der Waals surface area contributed by atoms with Gasteiger partial charge in [0.15, 0.2) is 0 Å². The Morgan fingerprint density at radius 2 is 2.05 bits per heavy atom. The summed E-state index contributed by atoms with van der Waals surface area (Å²) in [4.78, 5) is 14.3. The Morgan fingerprint density at radius 1 is 1.29 bits per heavy atom. The number of amides is 1. The van der Waals surface area contributed by atoms with Crippen molar-refractivity contribution in [3.8, 4) is 16.9 Å². The molecule has 0 bridgehead atoms. The molecule has 1 saturated heterocycles. The molecule has 1 aliphatic rings. The average molecular weight is 285 g/mol. The molecular weight excluding hydrogens is 266 g/mol. The van der Waals surface area contributed by atoms with Crippen LogP contribution < -0.4 is 4.74 Å². The van der Waals surface area contributed by atoms with Crippen LogP contribution in [0.5, 0.6) is 5.75 Å². The summed E-state index contributed by atoms with van der Waals surface area (Å²) in [7, 11) is 3.50. The lowest BCUT2D eigenvalue weighted by molar-refractivity contribution is 0.0792. The van der Waals surface area contributed by atoms with Crippen LogP contribution in [-0.2, 0) is 7.05 Å². The lowest BCUT2D eigenvalue weighted by Gasteiger charge is -2.16. The maximum Gasteiger partial charge on any atom is 0.253 e. The molecule has 0 saturated carbocycles. The highest BCUT2D eigenvalue weighted by atomic mass is 16.5. The number of benzene rings is 1. The number of likely N-dealkylation sites (tertiary alicyclic amines) is 1. The molecule has 1 aliphatic heterocycles. The van der Waals surface area contributed by atoms with Crippen LogP contribution in [0.1, 0.15) is 23.2 Å². The molecule has 2 aromatic rings. The van der Waals surface area contributed by atoms with E-state index in [9.17, 15) is 4.79 Å². The summed E-state index contributed by atoms with van der Waals surface area (Å²) in [5, 5.41) is 4.17. The van der Waals surface area contributed by atoms with Gasteiger partial charge >= 0.3 is 0 Å². The number of hydrogen-bond donors (Lipinski definition) is 0. The molecule has 0 aliphatic carbocycles. The first-order chi connectivity index (χ1) is 10.2. The van der Waals surface area contributed by atoms with Gasteiger partial charge in [-0.1, -0.05) is 0 Å². The molecule has 5 nitrogen and oxygen atoms in total. The van der Waals surface area contributed by atoms with E-state index >= 15 is 0 Å². The van der Waals surface area contributed by atoms with Gasteiger partial charge in [0.2, 0.25) is 0 Å². The number of methoxy groups -OCH3 is 1. The van der Waals surface area contributed by atoms with Gasteiger partial charge in [-0.25, -0.2) is 0 Å². The molecule has 1 amide bonds. The summed E-state index contributed by atoms with van der Waals surface area (Å²) in [6.45, 7) is 1.71. The number of nitrogens with zero attached hydrogens (tertiary/aromatic N) is 3. The van der Waals surface area contributed by atoms with Gasteiger partial charge in [-0.3, -0.25) is 9.48 Å². The molecule has 0 radical (unpaired) electrons. The molecule has 1 aromatic heterocycles. The van der Waals surface area contributed by atoms with Gasteiger partial charge < -0.3 is 9.64 Å². The van der Waals surface area contributed by atoms with Crippen molar-refractivity contribution >= 4 is 5.91 Å². The van der Waals surface area contributed by atoms with Gasteiger partial charge in [0.25, 0.3) is 5.91 Å². The van der Waals surface area contributed by atoms with Gasteiger partial charge in [-0.05, 0) is 31.0 Å². The monoisotopic (exact) mass is 285 g/mol. The summed E-state index contributed by atoms with van der Waals surface area (Å²) < 4.78 is 7.20. The first-order valence-corrected chi connectivity index (χ1v) is 7.15. The van der Waals surface area contributed by atoms with Crippen molar-refractivity contribution in [1.29, 1.82) is 0 Å². The summed E-state index contributed by atoms with van der Waals surface area (Å²) in [5.74, 6) is 0.789. The number of carbonyl (C=O) groups is 1. The zero-order valence-corrected chi connectivity index (χ0v) is 12.4. The highest BCUT2D eigenvalue weighted by Crippen LogP contribution is 2.31. The van der Waals surface area contributed by atoms with E-state index in [4.69, 9.17) is 4.74 Å². The predicted octanol–water partition coefficient (Wildman–Crippen LogP) is 2.33. The minimum absolute atomic E-state index is 0.0866. The number of hydrogen-bond acceptors (Lipinski definition) is 3. The molecule has 2 heterocycles. The Labute approximate surface area is 124 Å². The molecule has 1 fully saturated rings. The summed E-state index contributed by atoms with van der Waals surface area (Å²) in [5.41, 5.74) is 2.61. The second kappa shape index (κ2) is 5.60. The van der Waals surface area contributed by atoms with Crippen molar-refractivity contribution in [3.63, 3.8) is 0 Å². The van der Waals surface area contributed by atoms with E-state index in [0.717, 1.165) is 37.1 Å². The molecule has 0 atom stereocenters. The number of aromatic nitrogens is 2. The van der Waals surface area contributed by atoms with Crippen LogP contribution in [0, 0.1) is 0 Å². The van der Waals surface area contributed by atoms with Crippen LogP contribution in [0.2, 0.25) is 0 Å². The van der Waals surface area contributed by atoms with Crippen molar-refractivity contribution < 1.29 is 9.53 Å². The number of ether oxygens (including phenoxy) is 1. The minimum atomic E-state index is 0.0866. The fourth-order valence-electron chi connectivity index (χ4n) is 2.73. The van der Waals surface area contributed by atoms with Crippen molar-refractivity contribution in [2.24, 2.45) is 7.05 Å². The largest absolute Gasteiger partial charge is 0.496 e. The van der Waals surface area contributed by atoms with E-state index in [2.05, 4.69) is 5.10 Å². The molecule has 0 spiro atoms. The third kappa shape index (κ3) is 2.63. The number of aryl methyl sites for hydroxylation is 1. The topological polar surface area (TPSA) is 47.4 Å². The zero-order chi connectivity index (χ0) is 14.8. The Hall–Kier alpha value is -2.30. The van der Waals surface area contributed by atoms with E-state index < -0.39 is 0 Å². The number of rotatable bonds is 3. The highest BCUT2D eigenvalue weighted by molar-refractivity contribution is 5.95. The standard InChI is InChI=1S/C16H19N3O2/c1-18-11-13(10-17-18)14-6-5-12(9-15(14)21-2)16(20)19-7-3-4-8-19/h5-6,9-11H,3-4,7-8H2,1-2H3. The number of carbonyl (C=O) groups excluding carboxylic acids is 1. The lowest BCUT2D eigenvalue weighted by Crippen LogP contribution is -2.27. The van der Waals surface area contributed by atoms with Crippen LogP contribution in [0.3, 0.4) is 0 Å². The highest BCUT2D eigenvalue weighted by Gasteiger charge is 2.20. The van der Waals surface area contributed by atoms with Crippen molar-refractivity contribution in [2.45, 2.75) is 12.8 Å². The zero-order valence-electron chi connectivity index (χ0n) is 12.4. The van der Waals surface area contributed by atoms with Crippen molar-refractivity contribution in [1.82, 2.24) is 14.7 Å². The summed E-state index contributed by atoms with van der Waals surface area (Å²) >= 11 is 0. The SMILES string of the molecule is COc1cc(C(=O)N2CCCC2)ccc1-c1cnn(C)c1. The maximum atomic E-state index is 12.4. The maximum absolute atomic E-state index is 12.4. The molecule has 3 rings (SSSR count). The first kappa shape index (κ1) is 13.7. The molecule has 0 unspecified atom stereocenters. The molecule has 5 heteroatoms. The molecule has 110 valence electrons. The Balaban J connectivity index is 1.93. The lowest BCUT2D eigenvalue weighted by atomic mass is 10.0. The normalized spacial score (nSPS) is 14.5. The molecular formula is C16H19N3O2. The average Bonchev–Trinajstić information content (AvgIpc) is 3.17. The second-order valence-corrected chi connectivity index (χ2v) is 5.32. The van der Waals surface area contributed by atoms with Gasteiger partial charge in [0, 0.05) is 43.0 Å². The van der Waals surface area contributed by atoms with Crippen LogP contribution in [0.25, 0.3) is 11.1 Å². The molecule has 0 N–H and O–H groups in total. The summed E-state index contributed by atoms with van der Waals surface area (Å²) in [6.07, 6.45) is 5.91. The Bertz CT molecular complexity index is 657. The van der Waals surface area contributed by atoms with Gasteiger partial charge in [-0.2, -0.15) is 5.10 Å². The van der Waals surface area contributed by atoms with Gasteiger partial charge in [0.05, 0.1) is 13.3 Å². The Kier molecular flexibility index (Phi) is 3.64. The van der Waals surface area contributed by atoms with Crippen molar-refractivity contribution in [2.75, 3.05) is 20.2 Å². The third-order valence-corrected chi connectivity index (χ3v) is 3.86. The fourth-order valence-corrected chi connectivity index (χ4v) is 2.73. The third-order valence-electron chi connectivity index (χ3n) is 3.86. The van der Waals surface area contributed by atoms with E-state index in [1.54, 1.807) is 18.0 Å². The van der Waals surface area contributed by atoms with E-state index in [-0.39, 0.29) is 5.91 Å². The Morgan fingerprint density at radius 3 is 2.67 bits per heavy atom. The van der Waals surface area contributed by atoms with E-state index in [0.29, 0.717) is 11.3 Å². The van der Waals surface area contributed by atoms with E-state index in [1.807, 2.05) is 36.3 Å². The van der Waals surface area contributed by atoms with Crippen LogP contribution in [-0.4, -0.2) is 40.8 Å². The van der Waals surface area contributed by atoms with Gasteiger partial charge in [-0.15, -0.1) is 0 Å².